The molecule has 1 saturated carbocycles. The van der Waals surface area contributed by atoms with Crippen molar-refractivity contribution in [1.29, 1.82) is 0 Å². The van der Waals surface area contributed by atoms with Crippen LogP contribution >= 0.6 is 0 Å². The number of benzene rings is 2. The molecule has 2 aromatic rings. The van der Waals surface area contributed by atoms with Crippen molar-refractivity contribution in [2.45, 2.75) is 98.4 Å². The summed E-state index contributed by atoms with van der Waals surface area (Å²) in [5.74, 6) is 2.64. The van der Waals surface area contributed by atoms with Crippen molar-refractivity contribution < 1.29 is 0 Å². The third-order valence-corrected chi connectivity index (χ3v) is 8.27. The van der Waals surface area contributed by atoms with E-state index in [0.717, 1.165) is 23.0 Å². The fourth-order valence-corrected chi connectivity index (χ4v) is 5.56. The molecule has 2 aromatic carbocycles. The Bertz CT molecular complexity index is 1060. The highest BCUT2D eigenvalue weighted by atomic mass is 15.1. The van der Waals surface area contributed by atoms with Gasteiger partial charge in [-0.1, -0.05) is 127 Å². The first kappa shape index (κ1) is 32.4. The number of nitrogens with zero attached hydrogens (tertiary/aromatic N) is 2. The Morgan fingerprint density at radius 3 is 2.13 bits per heavy atom. The van der Waals surface area contributed by atoms with E-state index in [1.807, 2.05) is 20.0 Å². The van der Waals surface area contributed by atoms with Gasteiger partial charge >= 0.3 is 0 Å². The van der Waals surface area contributed by atoms with Crippen molar-refractivity contribution in [3.8, 4) is 11.1 Å². The summed E-state index contributed by atoms with van der Waals surface area (Å²) >= 11 is 0. The monoisotopic (exact) mass is 529 g/mol. The number of aliphatic imine (C=N–C) groups is 1. The van der Waals surface area contributed by atoms with Gasteiger partial charge in [0.15, 0.2) is 0 Å². The lowest BCUT2D eigenvalue weighted by atomic mass is 9.85. The van der Waals surface area contributed by atoms with Gasteiger partial charge in [0.05, 0.1) is 5.84 Å². The molecule has 2 heterocycles. The molecule has 0 radical (unpaired) electrons. The highest BCUT2D eigenvalue weighted by Gasteiger charge is 2.34. The molecule has 2 unspecified atom stereocenters. The Morgan fingerprint density at radius 1 is 1.03 bits per heavy atom. The Hall–Kier alpha value is -2.81. The second-order valence-corrected chi connectivity index (χ2v) is 11.4. The molecule has 0 aromatic heterocycles. The molecule has 1 aliphatic carbocycles. The average molecular weight is 530 g/mol. The Kier molecular flexibility index (Phi) is 13.6. The molecule has 3 aliphatic rings. The number of rotatable bonds is 4. The van der Waals surface area contributed by atoms with E-state index in [9.17, 15) is 0 Å². The van der Waals surface area contributed by atoms with Crippen LogP contribution in [0.15, 0.2) is 78.5 Å². The molecule has 5 rings (SSSR count). The van der Waals surface area contributed by atoms with E-state index in [1.165, 1.54) is 74.7 Å². The lowest BCUT2D eigenvalue weighted by Gasteiger charge is -2.23. The molecule has 0 spiro atoms. The van der Waals surface area contributed by atoms with Crippen molar-refractivity contribution >= 4 is 5.84 Å². The minimum atomic E-state index is -0.399. The number of nitrogens with two attached hydrogens (primary N) is 1. The van der Waals surface area contributed by atoms with Gasteiger partial charge in [0.25, 0.3) is 0 Å². The summed E-state index contributed by atoms with van der Waals surface area (Å²) in [6.45, 7) is 23.2. The summed E-state index contributed by atoms with van der Waals surface area (Å²) in [5.41, 5.74) is 11.4. The summed E-state index contributed by atoms with van der Waals surface area (Å²) in [6, 6.07) is 17.0. The van der Waals surface area contributed by atoms with Gasteiger partial charge in [-0.3, -0.25) is 4.99 Å². The van der Waals surface area contributed by atoms with Crippen molar-refractivity contribution in [2.75, 3.05) is 13.1 Å². The maximum Gasteiger partial charge on any atom is 0.106 e. The lowest BCUT2D eigenvalue weighted by Crippen LogP contribution is -2.17. The maximum atomic E-state index is 5.90. The summed E-state index contributed by atoms with van der Waals surface area (Å²) in [5, 5.41) is 0. The van der Waals surface area contributed by atoms with Crippen LogP contribution in [0.3, 0.4) is 0 Å². The van der Waals surface area contributed by atoms with Crippen LogP contribution < -0.4 is 5.73 Å². The Balaban J connectivity index is 0.000000243. The minimum absolute atomic E-state index is 0.399. The molecule has 2 atom stereocenters. The predicted molar refractivity (Wildman–Crippen MR) is 173 cm³/mol. The van der Waals surface area contributed by atoms with Gasteiger partial charge in [0.1, 0.15) is 5.54 Å². The molecule has 39 heavy (non-hydrogen) atoms. The van der Waals surface area contributed by atoms with E-state index >= 15 is 0 Å². The van der Waals surface area contributed by atoms with Crippen LogP contribution in [0, 0.1) is 18.8 Å². The van der Waals surface area contributed by atoms with Crippen LogP contribution in [0.5, 0.6) is 0 Å². The fraction of sp³-hybridized carbons (Fsp3) is 0.528. The molecular formula is C36H55N3. The SMILES string of the molecule is C=C1CC(N)=NC1(C)c1cccc(-c2cccc(C)c2)c1.C=CN1CCC(CC)C1.CC.CC1CCCCC1. The summed E-state index contributed by atoms with van der Waals surface area (Å²) in [6.07, 6.45) is 12.8. The molecule has 214 valence electrons. The van der Waals surface area contributed by atoms with E-state index in [2.05, 4.69) is 99.3 Å². The van der Waals surface area contributed by atoms with Crippen LogP contribution in [-0.2, 0) is 5.54 Å². The van der Waals surface area contributed by atoms with Crippen LogP contribution in [0.4, 0.5) is 0 Å². The molecular weight excluding hydrogens is 474 g/mol. The van der Waals surface area contributed by atoms with Gasteiger partial charge in [0.2, 0.25) is 0 Å². The second kappa shape index (κ2) is 16.3. The Labute approximate surface area is 240 Å². The maximum absolute atomic E-state index is 5.90. The first-order chi connectivity index (χ1) is 18.7. The van der Waals surface area contributed by atoms with E-state index in [4.69, 9.17) is 5.73 Å². The number of likely N-dealkylation sites (tertiary alicyclic amines) is 1. The van der Waals surface area contributed by atoms with Crippen LogP contribution in [0.1, 0.15) is 97.1 Å². The van der Waals surface area contributed by atoms with Crippen molar-refractivity contribution in [3.05, 3.63) is 84.6 Å². The number of hydrogen-bond acceptors (Lipinski definition) is 3. The molecule has 2 fully saturated rings. The highest BCUT2D eigenvalue weighted by molar-refractivity contribution is 5.87. The third kappa shape index (κ3) is 9.71. The number of hydrogen-bond donors (Lipinski definition) is 1. The van der Waals surface area contributed by atoms with Crippen molar-refractivity contribution in [3.63, 3.8) is 0 Å². The largest absolute Gasteiger partial charge is 0.387 e. The van der Waals surface area contributed by atoms with Crippen LogP contribution in [0.25, 0.3) is 11.1 Å². The highest BCUT2D eigenvalue weighted by Crippen LogP contribution is 2.40. The van der Waals surface area contributed by atoms with Gasteiger partial charge < -0.3 is 10.6 Å². The van der Waals surface area contributed by atoms with Crippen LogP contribution in [0.2, 0.25) is 0 Å². The van der Waals surface area contributed by atoms with E-state index in [-0.39, 0.29) is 0 Å². The third-order valence-electron chi connectivity index (χ3n) is 8.27. The number of aryl methyl sites for hydroxylation is 1. The molecule has 1 saturated heterocycles. The lowest BCUT2D eigenvalue weighted by molar-refractivity contribution is 0.385. The molecule has 3 nitrogen and oxygen atoms in total. The minimum Gasteiger partial charge on any atom is -0.387 e. The van der Waals surface area contributed by atoms with Crippen LogP contribution in [-0.4, -0.2) is 23.8 Å². The predicted octanol–water partition coefficient (Wildman–Crippen LogP) is 9.67. The standard InChI is InChI=1S/C19H20N2.C8H15N.C7H14.C2H6/c1-13-6-4-7-15(10-13)16-8-5-9-17(12-16)19(3)14(2)11-18(20)21-19;1-3-8-5-6-9(4-2)7-8;1-7-5-3-2-4-6-7;1-2/h4-10,12H,2,11H2,1,3H3,(H2,20,21);4,8H,2-3,5-7H2,1H3;7H,2-6H2,1H3;1-2H3. The van der Waals surface area contributed by atoms with Gasteiger partial charge in [-0.15, -0.1) is 0 Å². The number of amidine groups is 1. The first-order valence-corrected chi connectivity index (χ1v) is 15.3. The quantitative estimate of drug-likeness (QED) is 0.401. The molecule has 2 aliphatic heterocycles. The fourth-order valence-electron chi connectivity index (χ4n) is 5.56. The molecule has 2 N–H and O–H groups in total. The smallest absolute Gasteiger partial charge is 0.106 e. The average Bonchev–Trinajstić information content (AvgIpc) is 3.54. The molecule has 0 bridgehead atoms. The normalized spacial score (nSPS) is 22.4. The summed E-state index contributed by atoms with van der Waals surface area (Å²) in [4.78, 5) is 6.92. The van der Waals surface area contributed by atoms with E-state index in [1.54, 1.807) is 0 Å². The van der Waals surface area contributed by atoms with E-state index < -0.39 is 5.54 Å². The van der Waals surface area contributed by atoms with Gasteiger partial charge in [-0.05, 0) is 66.6 Å². The van der Waals surface area contributed by atoms with Gasteiger partial charge in [-0.2, -0.15) is 0 Å². The zero-order chi connectivity index (χ0) is 28.8. The summed E-state index contributed by atoms with van der Waals surface area (Å²) in [7, 11) is 0. The van der Waals surface area contributed by atoms with E-state index in [0.29, 0.717) is 12.3 Å². The Morgan fingerprint density at radius 2 is 1.67 bits per heavy atom. The topological polar surface area (TPSA) is 41.6 Å². The van der Waals surface area contributed by atoms with Gasteiger partial charge in [0, 0.05) is 19.5 Å². The van der Waals surface area contributed by atoms with Crippen molar-refractivity contribution in [1.82, 2.24) is 4.90 Å². The first-order valence-electron chi connectivity index (χ1n) is 15.3. The molecule has 3 heteroatoms. The zero-order valence-corrected chi connectivity index (χ0v) is 25.8. The van der Waals surface area contributed by atoms with Crippen molar-refractivity contribution in [2.24, 2.45) is 22.6 Å². The van der Waals surface area contributed by atoms with Gasteiger partial charge in [-0.25, -0.2) is 0 Å². The molecule has 0 amide bonds. The summed E-state index contributed by atoms with van der Waals surface area (Å²) < 4.78 is 0. The second-order valence-electron chi connectivity index (χ2n) is 11.4. The zero-order valence-electron chi connectivity index (χ0n) is 25.8.